The third-order valence-corrected chi connectivity index (χ3v) is 5.29. The van der Waals surface area contributed by atoms with Gasteiger partial charge in [-0.25, -0.2) is 9.97 Å². The summed E-state index contributed by atoms with van der Waals surface area (Å²) >= 11 is 6.43. The largest absolute Gasteiger partial charge is 0.496 e. The lowest BCUT2D eigenvalue weighted by Gasteiger charge is -2.29. The van der Waals surface area contributed by atoms with Crippen molar-refractivity contribution in [1.29, 1.82) is 0 Å². The number of nitrogens with zero attached hydrogens (tertiary/aromatic N) is 3. The van der Waals surface area contributed by atoms with Crippen molar-refractivity contribution in [1.82, 2.24) is 14.9 Å². The third-order valence-electron chi connectivity index (χ3n) is 5.02. The Morgan fingerprint density at radius 3 is 2.76 bits per heavy atom. The van der Waals surface area contributed by atoms with Crippen LogP contribution in [0.4, 0.5) is 11.6 Å². The molecule has 8 nitrogen and oxygen atoms in total. The van der Waals surface area contributed by atoms with Crippen LogP contribution in [0.5, 0.6) is 5.75 Å². The topological polar surface area (TPSA) is 88.6 Å². The highest BCUT2D eigenvalue weighted by Crippen LogP contribution is 2.35. The molecule has 0 aliphatic carbocycles. The Morgan fingerprint density at radius 2 is 2.12 bits per heavy atom. The number of morpholine rings is 1. The van der Waals surface area contributed by atoms with Crippen LogP contribution in [0.2, 0.25) is 5.02 Å². The first-order valence-corrected chi connectivity index (χ1v) is 11.0. The molecule has 1 aliphatic rings. The van der Waals surface area contributed by atoms with E-state index in [1.807, 2.05) is 19.1 Å². The van der Waals surface area contributed by atoms with Crippen molar-refractivity contribution in [2.75, 3.05) is 44.0 Å². The summed E-state index contributed by atoms with van der Waals surface area (Å²) in [5, 5.41) is 6.11. The highest BCUT2D eigenvalue weighted by atomic mass is 35.5. The molecule has 0 atom stereocenters. The summed E-state index contributed by atoms with van der Waals surface area (Å²) in [7, 11) is 1.54. The maximum absolute atomic E-state index is 11.7. The van der Waals surface area contributed by atoms with Gasteiger partial charge in [0.1, 0.15) is 5.75 Å². The van der Waals surface area contributed by atoms with E-state index in [-0.39, 0.29) is 11.9 Å². The number of nitrogens with one attached hydrogen (secondary N) is 2. The van der Waals surface area contributed by atoms with Gasteiger partial charge < -0.3 is 25.0 Å². The Kier molecular flexibility index (Phi) is 8.68. The number of ether oxygens (including phenoxy) is 2. The van der Waals surface area contributed by atoms with Crippen molar-refractivity contribution in [2.45, 2.75) is 6.92 Å². The zero-order valence-corrected chi connectivity index (χ0v) is 19.9. The van der Waals surface area contributed by atoms with E-state index in [1.165, 1.54) is 12.3 Å². The molecule has 2 N–H and O–H groups in total. The number of carbonyl (C=O) groups excluding carboxylic acids is 1. The van der Waals surface area contributed by atoms with Crippen molar-refractivity contribution in [3.05, 3.63) is 65.6 Å². The smallest absolute Gasteiger partial charge is 0.247 e. The average Bonchev–Trinajstić information content (AvgIpc) is 2.87. The summed E-state index contributed by atoms with van der Waals surface area (Å²) in [6.45, 7) is 8.33. The predicted octanol–water partition coefficient (Wildman–Crippen LogP) is 4.10. The molecule has 1 fully saturated rings. The van der Waals surface area contributed by atoms with E-state index in [4.69, 9.17) is 27.5 Å². The van der Waals surface area contributed by atoms with Gasteiger partial charge >= 0.3 is 0 Å². The van der Waals surface area contributed by atoms with Crippen LogP contribution in [0.15, 0.2) is 60.6 Å². The van der Waals surface area contributed by atoms with Gasteiger partial charge in [0.2, 0.25) is 11.9 Å². The standard InChI is InChI=1S/C25H26ClN5O3/c1-5-17(14-19(6-2)31-10-12-34-13-11-31)29-25-27-16-21(26)24(30-25)20-15-18(28-23(32)7-3)8-9-22(20)33-4/h1,6-9,14-16H,3,10-13H2,2,4H3,(H,28,32)(H,27,29,30)/b17-14+,19-6+. The SMILES string of the molecule is C#C/C(=C\C(=C/C)N1CCOCC1)Nc1ncc(Cl)c(-c2cc(NC(=O)C=C)ccc2OC)n1. The molecule has 2 heterocycles. The molecule has 1 aromatic carbocycles. The average molecular weight is 480 g/mol. The molecule has 1 amide bonds. The van der Waals surface area contributed by atoms with Crippen LogP contribution in [0.25, 0.3) is 11.3 Å². The number of allylic oxidation sites excluding steroid dienone is 3. The van der Waals surface area contributed by atoms with E-state index in [9.17, 15) is 4.79 Å². The zero-order valence-electron chi connectivity index (χ0n) is 19.1. The molecule has 0 bridgehead atoms. The molecular weight excluding hydrogens is 454 g/mol. The molecule has 3 rings (SSSR count). The molecule has 0 radical (unpaired) electrons. The summed E-state index contributed by atoms with van der Waals surface area (Å²) < 4.78 is 10.9. The molecule has 1 aliphatic heterocycles. The van der Waals surface area contributed by atoms with Crippen LogP contribution in [-0.4, -0.2) is 54.2 Å². The number of hydrogen-bond acceptors (Lipinski definition) is 7. The molecule has 34 heavy (non-hydrogen) atoms. The molecule has 0 saturated carbocycles. The summed E-state index contributed by atoms with van der Waals surface area (Å²) in [5.74, 6) is 3.10. The third kappa shape index (κ3) is 6.16. The number of amides is 1. The lowest BCUT2D eigenvalue weighted by Crippen LogP contribution is -2.35. The minimum Gasteiger partial charge on any atom is -0.496 e. The Balaban J connectivity index is 1.93. The number of halogens is 1. The zero-order chi connectivity index (χ0) is 24.5. The molecule has 9 heteroatoms. The van der Waals surface area contributed by atoms with Gasteiger partial charge in [-0.05, 0) is 37.3 Å². The fraction of sp³-hybridized carbons (Fsp3) is 0.240. The Hall–Kier alpha value is -3.80. The van der Waals surface area contributed by atoms with Crippen LogP contribution >= 0.6 is 11.6 Å². The maximum Gasteiger partial charge on any atom is 0.247 e. The fourth-order valence-corrected chi connectivity index (χ4v) is 3.53. The summed E-state index contributed by atoms with van der Waals surface area (Å²) in [6, 6.07) is 5.14. The van der Waals surface area contributed by atoms with Crippen LogP contribution in [0, 0.1) is 12.3 Å². The van der Waals surface area contributed by atoms with Gasteiger partial charge in [0.15, 0.2) is 0 Å². The minimum atomic E-state index is -0.337. The first-order valence-electron chi connectivity index (χ1n) is 10.6. The van der Waals surface area contributed by atoms with Crippen LogP contribution < -0.4 is 15.4 Å². The normalized spacial score (nSPS) is 14.2. The van der Waals surface area contributed by atoms with Crippen molar-refractivity contribution in [3.8, 4) is 29.4 Å². The van der Waals surface area contributed by atoms with Crippen molar-refractivity contribution >= 4 is 29.1 Å². The molecule has 1 aromatic heterocycles. The van der Waals surface area contributed by atoms with E-state index >= 15 is 0 Å². The van der Waals surface area contributed by atoms with Gasteiger partial charge in [-0.3, -0.25) is 4.79 Å². The Morgan fingerprint density at radius 1 is 1.35 bits per heavy atom. The van der Waals surface area contributed by atoms with Crippen molar-refractivity contribution in [3.63, 3.8) is 0 Å². The molecule has 2 aromatic rings. The van der Waals surface area contributed by atoms with Crippen molar-refractivity contribution < 1.29 is 14.3 Å². The monoisotopic (exact) mass is 479 g/mol. The number of aromatic nitrogens is 2. The number of hydrogen-bond donors (Lipinski definition) is 2. The van der Waals surface area contributed by atoms with E-state index in [0.29, 0.717) is 46.6 Å². The molecule has 0 unspecified atom stereocenters. The maximum atomic E-state index is 11.7. The minimum absolute atomic E-state index is 0.267. The lowest BCUT2D eigenvalue weighted by atomic mass is 10.1. The quantitative estimate of drug-likeness (QED) is 0.335. The molecule has 1 saturated heterocycles. The highest BCUT2D eigenvalue weighted by molar-refractivity contribution is 6.33. The molecule has 176 valence electrons. The summed E-state index contributed by atoms with van der Waals surface area (Å²) in [6.07, 6.45) is 12.3. The number of carbonyl (C=O) groups is 1. The predicted molar refractivity (Wildman–Crippen MR) is 135 cm³/mol. The van der Waals surface area contributed by atoms with Crippen LogP contribution in [-0.2, 0) is 9.53 Å². The fourth-order valence-electron chi connectivity index (χ4n) is 3.34. The first-order chi connectivity index (χ1) is 16.5. The van der Waals surface area contributed by atoms with E-state index in [1.54, 1.807) is 25.3 Å². The van der Waals surface area contributed by atoms with E-state index in [2.05, 4.69) is 38.0 Å². The highest BCUT2D eigenvalue weighted by Gasteiger charge is 2.16. The molecule has 0 spiro atoms. The number of benzene rings is 1. The Labute approximate surface area is 204 Å². The summed E-state index contributed by atoms with van der Waals surface area (Å²) in [5.41, 5.74) is 3.00. The Bertz CT molecular complexity index is 1160. The number of anilines is 2. The number of terminal acetylenes is 1. The van der Waals surface area contributed by atoms with Gasteiger partial charge in [-0.15, -0.1) is 6.42 Å². The van der Waals surface area contributed by atoms with E-state index in [0.717, 1.165) is 18.8 Å². The van der Waals surface area contributed by atoms with Crippen molar-refractivity contribution in [2.24, 2.45) is 0 Å². The van der Waals surface area contributed by atoms with Gasteiger partial charge in [0.25, 0.3) is 0 Å². The first kappa shape index (κ1) is 24.8. The lowest BCUT2D eigenvalue weighted by molar-refractivity contribution is -0.111. The summed E-state index contributed by atoms with van der Waals surface area (Å²) in [4.78, 5) is 22.8. The second-order valence-corrected chi connectivity index (χ2v) is 7.55. The van der Waals surface area contributed by atoms with Gasteiger partial charge in [0, 0.05) is 30.0 Å². The van der Waals surface area contributed by atoms with E-state index < -0.39 is 0 Å². The molecular formula is C25H26ClN5O3. The van der Waals surface area contributed by atoms with Gasteiger partial charge in [0.05, 0.1) is 42.9 Å². The number of rotatable bonds is 8. The second-order valence-electron chi connectivity index (χ2n) is 7.14. The second kappa shape index (κ2) is 11.9. The van der Waals surface area contributed by atoms with Gasteiger partial charge in [-0.1, -0.05) is 30.2 Å². The van der Waals surface area contributed by atoms with Crippen LogP contribution in [0.1, 0.15) is 6.92 Å². The number of methoxy groups -OCH3 is 1. The van der Waals surface area contributed by atoms with Gasteiger partial charge in [-0.2, -0.15) is 0 Å². The van der Waals surface area contributed by atoms with Crippen LogP contribution in [0.3, 0.4) is 0 Å².